The number of carbonyl (C=O) groups excluding carboxylic acids is 2. The zero-order chi connectivity index (χ0) is 18.7. The molecule has 0 aliphatic rings. The first-order valence-corrected chi connectivity index (χ1v) is 8.71. The van der Waals surface area contributed by atoms with E-state index in [0.29, 0.717) is 16.1 Å². The van der Waals surface area contributed by atoms with E-state index in [1.54, 1.807) is 48.7 Å². The van der Waals surface area contributed by atoms with E-state index in [9.17, 15) is 14.4 Å². The van der Waals surface area contributed by atoms with Gasteiger partial charge in [0.25, 0.3) is 17.4 Å². The standard InChI is InChI=1S/C19H17N3O3S/c1-13-6-11-16(26-13)19(25)21(2)20-18(24)14-7-9-15(10-8-14)22-12-4-3-5-17(22)23/h3-12H,1-2H3,(H,20,24). The van der Waals surface area contributed by atoms with E-state index < -0.39 is 5.91 Å². The van der Waals surface area contributed by atoms with Crippen molar-refractivity contribution >= 4 is 23.2 Å². The Balaban J connectivity index is 1.71. The first kappa shape index (κ1) is 17.6. The van der Waals surface area contributed by atoms with Gasteiger partial charge in [-0.3, -0.25) is 29.4 Å². The molecule has 26 heavy (non-hydrogen) atoms. The first-order chi connectivity index (χ1) is 12.5. The minimum absolute atomic E-state index is 0.152. The zero-order valence-corrected chi connectivity index (χ0v) is 15.1. The minimum atomic E-state index is -0.402. The molecule has 6 nitrogen and oxygen atoms in total. The Hall–Kier alpha value is -3.19. The summed E-state index contributed by atoms with van der Waals surface area (Å²) in [4.78, 5) is 38.0. The van der Waals surface area contributed by atoms with Crippen LogP contribution in [0.15, 0.2) is 65.6 Å². The summed E-state index contributed by atoms with van der Waals surface area (Å²) in [7, 11) is 1.51. The van der Waals surface area contributed by atoms with Crippen LogP contribution < -0.4 is 11.0 Å². The number of benzene rings is 1. The Morgan fingerprint density at radius 3 is 2.38 bits per heavy atom. The van der Waals surface area contributed by atoms with Gasteiger partial charge in [-0.25, -0.2) is 0 Å². The maximum Gasteiger partial charge on any atom is 0.282 e. The van der Waals surface area contributed by atoms with E-state index in [4.69, 9.17) is 0 Å². The van der Waals surface area contributed by atoms with Gasteiger partial charge in [-0.2, -0.15) is 0 Å². The molecule has 1 N–H and O–H groups in total. The normalized spacial score (nSPS) is 10.4. The van der Waals surface area contributed by atoms with Crippen molar-refractivity contribution in [3.63, 3.8) is 0 Å². The van der Waals surface area contributed by atoms with Gasteiger partial charge in [-0.1, -0.05) is 6.07 Å². The molecule has 132 valence electrons. The Bertz CT molecular complexity index is 1010. The van der Waals surface area contributed by atoms with E-state index in [0.717, 1.165) is 4.88 Å². The molecule has 2 heterocycles. The largest absolute Gasteiger partial charge is 0.284 e. The molecule has 0 saturated carbocycles. The lowest BCUT2D eigenvalue weighted by Crippen LogP contribution is -2.43. The lowest BCUT2D eigenvalue weighted by atomic mass is 10.2. The van der Waals surface area contributed by atoms with Crippen LogP contribution in [-0.2, 0) is 0 Å². The van der Waals surface area contributed by atoms with Gasteiger partial charge in [0.2, 0.25) is 0 Å². The molecule has 0 radical (unpaired) electrons. The number of hydrogen-bond donors (Lipinski definition) is 1. The fourth-order valence-corrected chi connectivity index (χ4v) is 3.24. The molecule has 7 heteroatoms. The molecular weight excluding hydrogens is 350 g/mol. The zero-order valence-electron chi connectivity index (χ0n) is 14.3. The van der Waals surface area contributed by atoms with Crippen LogP contribution in [0.4, 0.5) is 0 Å². The highest BCUT2D eigenvalue weighted by Crippen LogP contribution is 2.16. The SMILES string of the molecule is Cc1ccc(C(=O)N(C)NC(=O)c2ccc(-n3ccccc3=O)cc2)s1. The van der Waals surface area contributed by atoms with Crippen molar-refractivity contribution < 1.29 is 9.59 Å². The van der Waals surface area contributed by atoms with E-state index in [-0.39, 0.29) is 11.5 Å². The van der Waals surface area contributed by atoms with Gasteiger partial charge in [-0.05, 0) is 49.4 Å². The van der Waals surface area contributed by atoms with Gasteiger partial charge in [0.15, 0.2) is 0 Å². The average molecular weight is 367 g/mol. The summed E-state index contributed by atoms with van der Waals surface area (Å²) in [6.07, 6.45) is 1.66. The second-order valence-corrected chi connectivity index (χ2v) is 6.96. The molecule has 0 unspecified atom stereocenters. The maximum absolute atomic E-state index is 12.3. The van der Waals surface area contributed by atoms with Gasteiger partial charge in [0, 0.05) is 35.4 Å². The Morgan fingerprint density at radius 2 is 1.77 bits per heavy atom. The van der Waals surface area contributed by atoms with Crippen LogP contribution in [0.3, 0.4) is 0 Å². The summed E-state index contributed by atoms with van der Waals surface area (Å²) in [5, 5.41) is 1.17. The van der Waals surface area contributed by atoms with Crippen molar-refractivity contribution in [3.8, 4) is 5.69 Å². The molecule has 2 aromatic heterocycles. The number of pyridine rings is 1. The fourth-order valence-electron chi connectivity index (χ4n) is 2.40. The van der Waals surface area contributed by atoms with Crippen LogP contribution in [0.5, 0.6) is 0 Å². The monoisotopic (exact) mass is 367 g/mol. The van der Waals surface area contributed by atoms with E-state index in [1.165, 1.54) is 34.0 Å². The van der Waals surface area contributed by atoms with Crippen LogP contribution in [-0.4, -0.2) is 28.4 Å². The summed E-state index contributed by atoms with van der Waals surface area (Å²) in [5.74, 6) is -0.676. The van der Waals surface area contributed by atoms with E-state index in [2.05, 4.69) is 5.43 Å². The highest BCUT2D eigenvalue weighted by molar-refractivity contribution is 7.13. The van der Waals surface area contributed by atoms with Crippen LogP contribution in [0.2, 0.25) is 0 Å². The molecule has 3 rings (SSSR count). The Kier molecular flexibility index (Phi) is 4.99. The lowest BCUT2D eigenvalue weighted by molar-refractivity contribution is 0.0640. The van der Waals surface area contributed by atoms with Crippen molar-refractivity contribution in [3.05, 3.63) is 86.5 Å². The van der Waals surface area contributed by atoms with Crippen molar-refractivity contribution in [1.82, 2.24) is 15.0 Å². The highest BCUT2D eigenvalue weighted by atomic mass is 32.1. The highest BCUT2D eigenvalue weighted by Gasteiger charge is 2.16. The molecular formula is C19H17N3O3S. The first-order valence-electron chi connectivity index (χ1n) is 7.89. The van der Waals surface area contributed by atoms with Crippen molar-refractivity contribution in [2.24, 2.45) is 0 Å². The molecule has 0 saturated heterocycles. The molecule has 0 spiro atoms. The number of aryl methyl sites for hydroxylation is 1. The van der Waals surface area contributed by atoms with Gasteiger partial charge >= 0.3 is 0 Å². The maximum atomic E-state index is 12.3. The minimum Gasteiger partial charge on any atom is -0.284 e. The molecule has 0 atom stereocenters. The Morgan fingerprint density at radius 1 is 1.04 bits per heavy atom. The molecule has 0 aliphatic carbocycles. The van der Waals surface area contributed by atoms with Gasteiger partial charge < -0.3 is 0 Å². The lowest BCUT2D eigenvalue weighted by Gasteiger charge is -2.17. The van der Waals surface area contributed by atoms with Crippen molar-refractivity contribution in [2.45, 2.75) is 6.92 Å². The van der Waals surface area contributed by atoms with Gasteiger partial charge in [0.05, 0.1) is 4.88 Å². The number of nitrogens with one attached hydrogen (secondary N) is 1. The number of thiophene rings is 1. The smallest absolute Gasteiger partial charge is 0.282 e. The summed E-state index contributed by atoms with van der Waals surface area (Å²) >= 11 is 1.37. The van der Waals surface area contributed by atoms with Crippen LogP contribution in [0, 0.1) is 6.92 Å². The van der Waals surface area contributed by atoms with E-state index >= 15 is 0 Å². The predicted octanol–water partition coefficient (Wildman–Crippen LogP) is 2.62. The predicted molar refractivity (Wildman–Crippen MR) is 101 cm³/mol. The topological polar surface area (TPSA) is 71.4 Å². The number of hydrazine groups is 1. The third-order valence-corrected chi connectivity index (χ3v) is 4.74. The van der Waals surface area contributed by atoms with Crippen LogP contribution >= 0.6 is 11.3 Å². The summed E-state index contributed by atoms with van der Waals surface area (Å²) in [5.41, 5.74) is 3.45. The third kappa shape index (κ3) is 3.73. The van der Waals surface area contributed by atoms with Crippen LogP contribution in [0.25, 0.3) is 5.69 Å². The number of nitrogens with zero attached hydrogens (tertiary/aromatic N) is 2. The van der Waals surface area contributed by atoms with Crippen molar-refractivity contribution in [2.75, 3.05) is 7.05 Å². The van der Waals surface area contributed by atoms with Gasteiger partial charge in [-0.15, -0.1) is 11.3 Å². The molecule has 0 aliphatic heterocycles. The average Bonchev–Trinajstić information content (AvgIpc) is 3.08. The fraction of sp³-hybridized carbons (Fsp3) is 0.105. The summed E-state index contributed by atoms with van der Waals surface area (Å²) in [6.45, 7) is 1.92. The molecule has 2 amide bonds. The van der Waals surface area contributed by atoms with Gasteiger partial charge in [0.1, 0.15) is 0 Å². The number of carbonyl (C=O) groups is 2. The third-order valence-electron chi connectivity index (χ3n) is 3.76. The molecule has 3 aromatic rings. The van der Waals surface area contributed by atoms with Crippen LogP contribution in [0.1, 0.15) is 24.9 Å². The van der Waals surface area contributed by atoms with E-state index in [1.807, 2.05) is 13.0 Å². The number of hydrogen-bond acceptors (Lipinski definition) is 4. The number of amides is 2. The molecule has 1 aromatic carbocycles. The second kappa shape index (κ2) is 7.37. The number of aromatic nitrogens is 1. The quantitative estimate of drug-likeness (QED) is 0.724. The molecule has 0 bridgehead atoms. The second-order valence-electron chi connectivity index (χ2n) is 5.67. The summed E-state index contributed by atoms with van der Waals surface area (Å²) < 4.78 is 1.48. The van der Waals surface area contributed by atoms with Crippen molar-refractivity contribution in [1.29, 1.82) is 0 Å². The Labute approximate surface area is 154 Å². The molecule has 0 fully saturated rings. The number of rotatable bonds is 3. The summed E-state index contributed by atoms with van der Waals surface area (Å²) in [6, 6.07) is 15.1.